The van der Waals surface area contributed by atoms with Gasteiger partial charge in [0.05, 0.1) is 20.4 Å². The van der Waals surface area contributed by atoms with Gasteiger partial charge in [-0.2, -0.15) is 5.10 Å². The predicted molar refractivity (Wildman–Crippen MR) is 129 cm³/mol. The number of hydrogen-bond acceptors (Lipinski definition) is 5. The number of hydrogen-bond donors (Lipinski definition) is 1. The maximum absolute atomic E-state index is 12.4. The van der Waals surface area contributed by atoms with Gasteiger partial charge in [-0.25, -0.2) is 5.43 Å². The van der Waals surface area contributed by atoms with Crippen LogP contribution in [-0.4, -0.2) is 26.3 Å². The van der Waals surface area contributed by atoms with Crippen LogP contribution in [0.3, 0.4) is 0 Å². The number of hydrazone groups is 1. The number of nitrogens with zero attached hydrogens (tertiary/aromatic N) is 1. The number of nitrogens with one attached hydrogen (secondary N) is 1. The molecule has 4 rings (SSSR count). The van der Waals surface area contributed by atoms with Gasteiger partial charge in [-0.05, 0) is 46.2 Å². The molecule has 1 amide bonds. The minimum absolute atomic E-state index is 0.369. The van der Waals surface area contributed by atoms with Crippen LogP contribution in [0.25, 0.3) is 10.8 Å². The first-order valence-corrected chi connectivity index (χ1v) is 10.4. The summed E-state index contributed by atoms with van der Waals surface area (Å²) in [4.78, 5) is 12.4. The molecule has 0 atom stereocenters. The third-order valence-electron chi connectivity index (χ3n) is 5.13. The lowest BCUT2D eigenvalue weighted by atomic mass is 10.1. The van der Waals surface area contributed by atoms with E-state index < -0.39 is 0 Å². The number of ether oxygens (including phenoxy) is 3. The average Bonchev–Trinajstić information content (AvgIpc) is 2.87. The van der Waals surface area contributed by atoms with Crippen molar-refractivity contribution in [2.24, 2.45) is 5.10 Å². The summed E-state index contributed by atoms with van der Waals surface area (Å²) in [5.41, 5.74) is 4.83. The van der Waals surface area contributed by atoms with E-state index in [0.717, 1.165) is 16.9 Å². The van der Waals surface area contributed by atoms with E-state index in [-0.39, 0.29) is 5.91 Å². The van der Waals surface area contributed by atoms with Gasteiger partial charge in [0.25, 0.3) is 5.91 Å². The van der Waals surface area contributed by atoms with Gasteiger partial charge in [-0.1, -0.05) is 54.6 Å². The molecule has 0 unspecified atom stereocenters. The number of amides is 1. The lowest BCUT2D eigenvalue weighted by molar-refractivity contribution is 0.0954. The number of fused-ring (bicyclic) bond motifs is 1. The first kappa shape index (κ1) is 21.9. The molecular formula is C27H24N2O4. The van der Waals surface area contributed by atoms with Crippen LogP contribution in [0, 0.1) is 0 Å². The zero-order valence-corrected chi connectivity index (χ0v) is 18.4. The van der Waals surface area contributed by atoms with Crippen LogP contribution < -0.4 is 19.6 Å². The molecule has 0 spiro atoms. The maximum Gasteiger partial charge on any atom is 0.271 e. The number of benzene rings is 4. The summed E-state index contributed by atoms with van der Waals surface area (Å²) in [7, 11) is 3.06. The standard InChI is InChI=1S/C27H24N2O4/c1-31-24-14-22(15-25(16-24)32-2)27(30)29-28-17-19-7-5-11-23(13-19)33-18-21-10-6-9-20-8-3-4-12-26(20)21/h3-17H,18H2,1-2H3,(H,29,30). The van der Waals surface area contributed by atoms with Crippen LogP contribution in [0.15, 0.2) is 90.0 Å². The second-order valence-electron chi connectivity index (χ2n) is 7.30. The summed E-state index contributed by atoms with van der Waals surface area (Å²) in [5.74, 6) is 1.40. The molecule has 33 heavy (non-hydrogen) atoms. The van der Waals surface area contributed by atoms with Crippen molar-refractivity contribution in [1.29, 1.82) is 0 Å². The van der Waals surface area contributed by atoms with Gasteiger partial charge in [0, 0.05) is 11.6 Å². The van der Waals surface area contributed by atoms with E-state index in [0.29, 0.717) is 23.7 Å². The molecule has 0 saturated heterocycles. The first-order chi connectivity index (χ1) is 16.2. The fourth-order valence-electron chi connectivity index (χ4n) is 3.43. The third-order valence-corrected chi connectivity index (χ3v) is 5.13. The smallest absolute Gasteiger partial charge is 0.271 e. The van der Waals surface area contributed by atoms with Gasteiger partial charge < -0.3 is 14.2 Å². The summed E-state index contributed by atoms with van der Waals surface area (Å²) in [6, 6.07) is 26.9. The van der Waals surface area contributed by atoms with Crippen LogP contribution in [0.1, 0.15) is 21.5 Å². The Labute approximate surface area is 192 Å². The SMILES string of the molecule is COc1cc(OC)cc(C(=O)NN=Cc2cccc(OCc3cccc4ccccc34)c2)c1. The largest absolute Gasteiger partial charge is 0.497 e. The quantitative estimate of drug-likeness (QED) is 0.302. The fraction of sp³-hybridized carbons (Fsp3) is 0.111. The highest BCUT2D eigenvalue weighted by Gasteiger charge is 2.09. The number of carbonyl (C=O) groups excluding carboxylic acids is 1. The molecular weight excluding hydrogens is 416 g/mol. The van der Waals surface area contributed by atoms with Gasteiger partial charge >= 0.3 is 0 Å². The molecule has 0 fully saturated rings. The number of rotatable bonds is 8. The second kappa shape index (κ2) is 10.3. The molecule has 4 aromatic carbocycles. The molecule has 0 radical (unpaired) electrons. The Kier molecular flexibility index (Phi) is 6.85. The topological polar surface area (TPSA) is 69.2 Å². The lowest BCUT2D eigenvalue weighted by Gasteiger charge is -2.09. The van der Waals surface area contributed by atoms with Crippen molar-refractivity contribution >= 4 is 22.9 Å². The van der Waals surface area contributed by atoms with Crippen LogP contribution in [0.2, 0.25) is 0 Å². The van der Waals surface area contributed by atoms with Gasteiger partial charge in [-0.3, -0.25) is 4.79 Å². The Morgan fingerprint density at radius 2 is 1.58 bits per heavy atom. The molecule has 0 aromatic heterocycles. The molecule has 0 aliphatic rings. The average molecular weight is 440 g/mol. The number of methoxy groups -OCH3 is 2. The Morgan fingerprint density at radius 1 is 0.848 bits per heavy atom. The predicted octanol–water partition coefficient (Wildman–Crippen LogP) is 5.20. The molecule has 0 bridgehead atoms. The zero-order chi connectivity index (χ0) is 23.0. The van der Waals surface area contributed by atoms with Gasteiger partial charge in [0.1, 0.15) is 23.9 Å². The highest BCUT2D eigenvalue weighted by molar-refractivity contribution is 5.95. The van der Waals surface area contributed by atoms with E-state index in [4.69, 9.17) is 14.2 Å². The van der Waals surface area contributed by atoms with Crippen molar-refractivity contribution in [1.82, 2.24) is 5.43 Å². The van der Waals surface area contributed by atoms with Crippen LogP contribution >= 0.6 is 0 Å². The highest BCUT2D eigenvalue weighted by atomic mass is 16.5. The molecule has 4 aromatic rings. The normalized spacial score (nSPS) is 10.8. The Bertz CT molecular complexity index is 1270. The minimum atomic E-state index is -0.369. The van der Waals surface area contributed by atoms with Crippen molar-refractivity contribution in [3.63, 3.8) is 0 Å². The maximum atomic E-state index is 12.4. The lowest BCUT2D eigenvalue weighted by Crippen LogP contribution is -2.17. The Balaban J connectivity index is 1.40. The molecule has 1 N–H and O–H groups in total. The molecule has 166 valence electrons. The van der Waals surface area contributed by atoms with Gasteiger partial charge in [0.2, 0.25) is 0 Å². The molecule has 0 aliphatic carbocycles. The van der Waals surface area contributed by atoms with E-state index in [1.807, 2.05) is 42.5 Å². The highest BCUT2D eigenvalue weighted by Crippen LogP contribution is 2.23. The van der Waals surface area contributed by atoms with E-state index in [9.17, 15) is 4.79 Å². The van der Waals surface area contributed by atoms with Crippen molar-refractivity contribution in [2.45, 2.75) is 6.61 Å². The first-order valence-electron chi connectivity index (χ1n) is 10.4. The zero-order valence-electron chi connectivity index (χ0n) is 18.4. The fourth-order valence-corrected chi connectivity index (χ4v) is 3.43. The van der Waals surface area contributed by atoms with Crippen LogP contribution in [-0.2, 0) is 6.61 Å². The van der Waals surface area contributed by atoms with Gasteiger partial charge in [-0.15, -0.1) is 0 Å². The second-order valence-corrected chi connectivity index (χ2v) is 7.30. The van der Waals surface area contributed by atoms with Gasteiger partial charge in [0.15, 0.2) is 0 Å². The summed E-state index contributed by atoms with van der Waals surface area (Å²) >= 11 is 0. The monoisotopic (exact) mass is 440 g/mol. The van der Waals surface area contributed by atoms with Crippen molar-refractivity contribution < 1.29 is 19.0 Å². The van der Waals surface area contributed by atoms with Crippen molar-refractivity contribution in [3.05, 3.63) is 102 Å². The third kappa shape index (κ3) is 5.49. The van der Waals surface area contributed by atoms with Crippen LogP contribution in [0.4, 0.5) is 0 Å². The Hall–Kier alpha value is -4.32. The molecule has 0 aliphatic heterocycles. The summed E-state index contributed by atoms with van der Waals surface area (Å²) in [6.07, 6.45) is 1.57. The molecule has 0 saturated carbocycles. The van der Waals surface area contributed by atoms with E-state index in [2.05, 4.69) is 34.8 Å². The summed E-state index contributed by atoms with van der Waals surface area (Å²) in [5, 5.41) is 6.43. The van der Waals surface area contributed by atoms with E-state index in [1.165, 1.54) is 25.0 Å². The van der Waals surface area contributed by atoms with Crippen molar-refractivity contribution in [2.75, 3.05) is 14.2 Å². The summed E-state index contributed by atoms with van der Waals surface area (Å²) < 4.78 is 16.4. The van der Waals surface area contributed by atoms with Crippen molar-refractivity contribution in [3.8, 4) is 17.2 Å². The van der Waals surface area contributed by atoms with Crippen LogP contribution in [0.5, 0.6) is 17.2 Å². The summed E-state index contributed by atoms with van der Waals surface area (Å²) in [6.45, 7) is 0.455. The van der Waals surface area contributed by atoms with E-state index in [1.54, 1.807) is 24.4 Å². The van der Waals surface area contributed by atoms with E-state index >= 15 is 0 Å². The molecule has 6 nitrogen and oxygen atoms in total. The Morgan fingerprint density at radius 3 is 2.36 bits per heavy atom. The minimum Gasteiger partial charge on any atom is -0.497 e. The molecule has 6 heteroatoms. The number of carbonyl (C=O) groups is 1. The molecule has 0 heterocycles.